The van der Waals surface area contributed by atoms with Gasteiger partial charge in [0.2, 0.25) is 10.0 Å². The van der Waals surface area contributed by atoms with Gasteiger partial charge in [-0.1, -0.05) is 11.6 Å². The third-order valence-corrected chi connectivity index (χ3v) is 5.10. The van der Waals surface area contributed by atoms with Crippen molar-refractivity contribution < 1.29 is 13.5 Å². The normalized spacial score (nSPS) is 12.3. The Balaban J connectivity index is 3.15. The van der Waals surface area contributed by atoms with Gasteiger partial charge in [-0.15, -0.1) is 0 Å². The third-order valence-electron chi connectivity index (χ3n) is 2.69. The van der Waals surface area contributed by atoms with Crippen LogP contribution in [-0.2, 0) is 10.0 Å². The van der Waals surface area contributed by atoms with E-state index in [-0.39, 0.29) is 29.8 Å². The summed E-state index contributed by atoms with van der Waals surface area (Å²) >= 11 is 5.79. The molecule has 1 aromatic carbocycles. The average molecular weight is 307 g/mol. The summed E-state index contributed by atoms with van der Waals surface area (Å²) in [5.41, 5.74) is 5.87. The van der Waals surface area contributed by atoms with E-state index in [1.165, 1.54) is 22.5 Å². The van der Waals surface area contributed by atoms with Crippen molar-refractivity contribution in [3.05, 3.63) is 23.2 Å². The number of nitrogen functional groups attached to an aromatic ring is 1. The Morgan fingerprint density at radius 2 is 2.05 bits per heavy atom. The summed E-state index contributed by atoms with van der Waals surface area (Å²) in [6, 6.07) is 4.05. The first-order chi connectivity index (χ1) is 8.80. The maximum absolute atomic E-state index is 12.5. The predicted molar refractivity (Wildman–Crippen MR) is 76.6 cm³/mol. The van der Waals surface area contributed by atoms with Crippen molar-refractivity contribution in [2.75, 3.05) is 18.9 Å². The molecule has 0 fully saturated rings. The lowest BCUT2D eigenvalue weighted by Crippen LogP contribution is -2.38. The molecule has 0 heterocycles. The smallest absolute Gasteiger partial charge is 0.243 e. The van der Waals surface area contributed by atoms with E-state index in [4.69, 9.17) is 22.4 Å². The van der Waals surface area contributed by atoms with E-state index >= 15 is 0 Å². The molecule has 0 unspecified atom stereocenters. The quantitative estimate of drug-likeness (QED) is 0.784. The highest BCUT2D eigenvalue weighted by molar-refractivity contribution is 7.89. The molecule has 0 aliphatic rings. The molecule has 0 aliphatic carbocycles. The minimum atomic E-state index is -3.63. The van der Waals surface area contributed by atoms with Gasteiger partial charge in [-0.25, -0.2) is 8.42 Å². The van der Waals surface area contributed by atoms with E-state index in [0.717, 1.165) is 0 Å². The second-order valence-corrected chi connectivity index (χ2v) is 6.77. The van der Waals surface area contributed by atoms with Crippen LogP contribution in [0.1, 0.15) is 20.3 Å². The van der Waals surface area contributed by atoms with E-state index in [2.05, 4.69) is 0 Å². The Morgan fingerprint density at radius 1 is 1.42 bits per heavy atom. The molecule has 0 aliphatic heterocycles. The van der Waals surface area contributed by atoms with Gasteiger partial charge in [0.25, 0.3) is 0 Å². The lowest BCUT2D eigenvalue weighted by atomic mass is 10.3. The monoisotopic (exact) mass is 306 g/mol. The Morgan fingerprint density at radius 3 is 2.53 bits per heavy atom. The fourth-order valence-corrected chi connectivity index (χ4v) is 3.53. The van der Waals surface area contributed by atoms with Gasteiger partial charge in [0.05, 0.1) is 15.6 Å². The minimum absolute atomic E-state index is 0.0541. The third kappa shape index (κ3) is 3.82. The minimum Gasteiger partial charge on any atom is -0.397 e. The molecule has 108 valence electrons. The molecule has 3 N–H and O–H groups in total. The largest absolute Gasteiger partial charge is 0.397 e. The van der Waals surface area contributed by atoms with Crippen molar-refractivity contribution in [2.45, 2.75) is 31.2 Å². The number of rotatable bonds is 6. The van der Waals surface area contributed by atoms with Crippen LogP contribution in [0.3, 0.4) is 0 Å². The summed E-state index contributed by atoms with van der Waals surface area (Å²) in [5, 5.41) is 9.18. The molecule has 5 nitrogen and oxygen atoms in total. The standard InChI is InChI=1S/C12H19ClN2O3S/c1-9(2)15(6-3-7-16)19(17,18)10-4-5-11(13)12(14)8-10/h4-5,8-9,16H,3,6-7,14H2,1-2H3. The number of halogens is 1. The zero-order chi connectivity index (χ0) is 14.6. The second-order valence-electron chi connectivity index (χ2n) is 4.47. The highest BCUT2D eigenvalue weighted by Crippen LogP contribution is 2.25. The van der Waals surface area contributed by atoms with Gasteiger partial charge in [0, 0.05) is 19.2 Å². The molecule has 0 bridgehead atoms. The molecule has 0 aromatic heterocycles. The van der Waals surface area contributed by atoms with Crippen molar-refractivity contribution in [2.24, 2.45) is 0 Å². The summed E-state index contributed by atoms with van der Waals surface area (Å²) in [6.45, 7) is 3.78. The first-order valence-corrected chi connectivity index (χ1v) is 7.80. The molecule has 7 heteroatoms. The molecule has 0 spiro atoms. The van der Waals surface area contributed by atoms with Gasteiger partial charge in [-0.3, -0.25) is 0 Å². The lowest BCUT2D eigenvalue weighted by molar-refractivity contribution is 0.258. The van der Waals surface area contributed by atoms with Gasteiger partial charge < -0.3 is 10.8 Å². The molecule has 1 rings (SSSR count). The van der Waals surface area contributed by atoms with Crippen LogP contribution < -0.4 is 5.73 Å². The molecule has 0 saturated carbocycles. The highest BCUT2D eigenvalue weighted by Gasteiger charge is 2.26. The first kappa shape index (κ1) is 16.2. The fraction of sp³-hybridized carbons (Fsp3) is 0.500. The number of hydrogen-bond donors (Lipinski definition) is 2. The molecular formula is C12H19ClN2O3S. The van der Waals surface area contributed by atoms with Crippen molar-refractivity contribution in [1.82, 2.24) is 4.31 Å². The zero-order valence-electron chi connectivity index (χ0n) is 11.0. The maximum Gasteiger partial charge on any atom is 0.243 e. The number of aliphatic hydroxyl groups excluding tert-OH is 1. The van der Waals surface area contributed by atoms with Crippen LogP contribution in [0.5, 0.6) is 0 Å². The van der Waals surface area contributed by atoms with E-state index in [1.54, 1.807) is 13.8 Å². The number of nitrogens with zero attached hydrogens (tertiary/aromatic N) is 1. The van der Waals surface area contributed by atoms with Gasteiger partial charge in [-0.2, -0.15) is 4.31 Å². The number of anilines is 1. The molecule has 0 saturated heterocycles. The van der Waals surface area contributed by atoms with Gasteiger partial charge >= 0.3 is 0 Å². The van der Waals surface area contributed by atoms with Gasteiger partial charge in [0.1, 0.15) is 0 Å². The van der Waals surface area contributed by atoms with Crippen molar-refractivity contribution in [3.63, 3.8) is 0 Å². The number of sulfonamides is 1. The SMILES string of the molecule is CC(C)N(CCCO)S(=O)(=O)c1ccc(Cl)c(N)c1. The van der Waals surface area contributed by atoms with Crippen LogP contribution in [0, 0.1) is 0 Å². The maximum atomic E-state index is 12.5. The van der Waals surface area contributed by atoms with Crippen LogP contribution in [0.15, 0.2) is 23.1 Å². The first-order valence-electron chi connectivity index (χ1n) is 5.98. The van der Waals surface area contributed by atoms with E-state index < -0.39 is 10.0 Å². The lowest BCUT2D eigenvalue weighted by Gasteiger charge is -2.25. The molecule has 19 heavy (non-hydrogen) atoms. The number of aliphatic hydroxyl groups is 1. The average Bonchev–Trinajstić information content (AvgIpc) is 2.32. The Bertz CT molecular complexity index is 532. The van der Waals surface area contributed by atoms with Crippen molar-refractivity contribution >= 4 is 27.3 Å². The molecule has 0 atom stereocenters. The van der Waals surface area contributed by atoms with E-state index in [0.29, 0.717) is 11.4 Å². The van der Waals surface area contributed by atoms with Crippen LogP contribution in [-0.4, -0.2) is 37.0 Å². The predicted octanol–water partition coefficient (Wildman–Crippen LogP) is 1.70. The Labute approximate surface area is 119 Å². The van der Waals surface area contributed by atoms with Crippen molar-refractivity contribution in [1.29, 1.82) is 0 Å². The zero-order valence-corrected chi connectivity index (χ0v) is 12.6. The van der Waals surface area contributed by atoms with Crippen LogP contribution >= 0.6 is 11.6 Å². The molecule has 0 radical (unpaired) electrons. The van der Waals surface area contributed by atoms with Crippen molar-refractivity contribution in [3.8, 4) is 0 Å². The molecule has 1 aromatic rings. The highest BCUT2D eigenvalue weighted by atomic mass is 35.5. The number of hydrogen-bond acceptors (Lipinski definition) is 4. The molecular weight excluding hydrogens is 288 g/mol. The summed E-state index contributed by atoms with van der Waals surface area (Å²) in [6.07, 6.45) is 0.389. The summed E-state index contributed by atoms with van der Waals surface area (Å²) in [4.78, 5) is 0.112. The van der Waals surface area contributed by atoms with Crippen LogP contribution in [0.25, 0.3) is 0 Å². The van der Waals surface area contributed by atoms with E-state index in [9.17, 15) is 8.42 Å². The second kappa shape index (κ2) is 6.56. The summed E-state index contributed by atoms with van der Waals surface area (Å²) < 4.78 is 26.3. The number of nitrogens with two attached hydrogens (primary N) is 1. The Hall–Kier alpha value is -0.820. The van der Waals surface area contributed by atoms with Crippen LogP contribution in [0.4, 0.5) is 5.69 Å². The summed E-state index contributed by atoms with van der Waals surface area (Å²) in [5.74, 6) is 0. The Kier molecular flexibility index (Phi) is 5.61. The van der Waals surface area contributed by atoms with E-state index in [1.807, 2.05) is 0 Å². The topological polar surface area (TPSA) is 83.6 Å². The fourth-order valence-electron chi connectivity index (χ4n) is 1.70. The van der Waals surface area contributed by atoms with Crippen LogP contribution in [0.2, 0.25) is 5.02 Å². The number of benzene rings is 1. The van der Waals surface area contributed by atoms with Gasteiger partial charge in [-0.05, 0) is 38.5 Å². The van der Waals surface area contributed by atoms with Gasteiger partial charge in [0.15, 0.2) is 0 Å². The summed E-state index contributed by atoms with van der Waals surface area (Å²) in [7, 11) is -3.63. The molecule has 0 amide bonds.